The minimum absolute atomic E-state index is 0.0452. The standard InChI is InChI=1S/C27H40O7/c1-13(7-8-19(31)32)14-11-18(30)27(6)20-15(28)12-16-24(2,3)17(29)9-10-25(16,4)21(20)22(33)23(34)26(14,27)5/h13-17,23,28-29,34H,7-12H2,1-6H3,(H,31,32)/t13?,14-,15+,16+,17+,23?,25+,26+,27+/m1/s1. The third-order valence-electron chi connectivity index (χ3n) is 11.0. The number of hydrogen-bond donors (Lipinski definition) is 4. The molecule has 2 saturated carbocycles. The second-order valence-corrected chi connectivity index (χ2v) is 12.7. The highest BCUT2D eigenvalue weighted by molar-refractivity contribution is 6.07. The summed E-state index contributed by atoms with van der Waals surface area (Å²) >= 11 is 0. The van der Waals surface area contributed by atoms with Crippen molar-refractivity contribution in [3.63, 3.8) is 0 Å². The number of carboxylic acids is 1. The summed E-state index contributed by atoms with van der Waals surface area (Å²) in [6.45, 7) is 11.4. The predicted molar refractivity (Wildman–Crippen MR) is 125 cm³/mol. The Morgan fingerprint density at radius 3 is 2.29 bits per heavy atom. The van der Waals surface area contributed by atoms with Crippen LogP contribution in [0.5, 0.6) is 0 Å². The summed E-state index contributed by atoms with van der Waals surface area (Å²) in [6, 6.07) is 0. The first-order valence-corrected chi connectivity index (χ1v) is 12.6. The van der Waals surface area contributed by atoms with Crippen LogP contribution in [0, 0.1) is 39.4 Å². The molecule has 4 N–H and O–H groups in total. The molecular weight excluding hydrogens is 436 g/mol. The average Bonchev–Trinajstić information content (AvgIpc) is 2.97. The van der Waals surface area contributed by atoms with Gasteiger partial charge in [-0.15, -0.1) is 0 Å². The molecule has 2 unspecified atom stereocenters. The van der Waals surface area contributed by atoms with Crippen LogP contribution >= 0.6 is 0 Å². The van der Waals surface area contributed by atoms with Crippen molar-refractivity contribution >= 4 is 17.5 Å². The van der Waals surface area contributed by atoms with Gasteiger partial charge in [-0.1, -0.05) is 34.6 Å². The van der Waals surface area contributed by atoms with Gasteiger partial charge >= 0.3 is 5.97 Å². The summed E-state index contributed by atoms with van der Waals surface area (Å²) in [7, 11) is 0. The van der Waals surface area contributed by atoms with E-state index >= 15 is 0 Å². The number of hydrogen-bond acceptors (Lipinski definition) is 6. The van der Waals surface area contributed by atoms with E-state index in [1.165, 1.54) is 0 Å². The first-order valence-electron chi connectivity index (χ1n) is 12.6. The normalized spacial score (nSPS) is 46.6. The lowest BCUT2D eigenvalue weighted by atomic mass is 9.42. The smallest absolute Gasteiger partial charge is 0.303 e. The first kappa shape index (κ1) is 25.5. The van der Waals surface area contributed by atoms with E-state index in [4.69, 9.17) is 5.11 Å². The van der Waals surface area contributed by atoms with Gasteiger partial charge in [0.2, 0.25) is 0 Å². The lowest BCUT2D eigenvalue weighted by Crippen LogP contribution is -2.64. The van der Waals surface area contributed by atoms with E-state index in [2.05, 4.69) is 0 Å². The van der Waals surface area contributed by atoms with Crippen LogP contribution in [0.25, 0.3) is 0 Å². The number of carbonyl (C=O) groups excluding carboxylic acids is 2. The Hall–Kier alpha value is -1.57. The summed E-state index contributed by atoms with van der Waals surface area (Å²) in [4.78, 5) is 38.9. The van der Waals surface area contributed by atoms with E-state index in [0.29, 0.717) is 36.8 Å². The van der Waals surface area contributed by atoms with Crippen LogP contribution in [0.3, 0.4) is 0 Å². The Bertz CT molecular complexity index is 966. The maximum absolute atomic E-state index is 14.0. The fraction of sp³-hybridized carbons (Fsp3) is 0.815. The monoisotopic (exact) mass is 476 g/mol. The first-order chi connectivity index (χ1) is 15.6. The largest absolute Gasteiger partial charge is 0.481 e. The molecule has 7 nitrogen and oxygen atoms in total. The highest BCUT2D eigenvalue weighted by Crippen LogP contribution is 2.70. The minimum atomic E-state index is -1.42. The molecule has 4 aliphatic rings. The lowest BCUT2D eigenvalue weighted by Gasteiger charge is -2.62. The molecular formula is C27H40O7. The topological polar surface area (TPSA) is 132 Å². The van der Waals surface area contributed by atoms with Gasteiger partial charge < -0.3 is 20.4 Å². The number of ketones is 2. The lowest BCUT2D eigenvalue weighted by molar-refractivity contribution is -0.159. The Labute approximate surface area is 201 Å². The number of aliphatic hydroxyl groups excluding tert-OH is 3. The number of fused-ring (bicyclic) bond motifs is 4. The van der Waals surface area contributed by atoms with Crippen LogP contribution in [-0.4, -0.2) is 56.3 Å². The molecule has 0 radical (unpaired) electrons. The van der Waals surface area contributed by atoms with Crippen LogP contribution < -0.4 is 0 Å². The van der Waals surface area contributed by atoms with Crippen molar-refractivity contribution in [3.8, 4) is 0 Å². The third kappa shape index (κ3) is 2.96. The molecule has 0 aromatic rings. The van der Waals surface area contributed by atoms with Crippen molar-refractivity contribution in [1.29, 1.82) is 0 Å². The summed E-state index contributed by atoms with van der Waals surface area (Å²) < 4.78 is 0. The summed E-state index contributed by atoms with van der Waals surface area (Å²) in [5.74, 6) is -2.18. The maximum atomic E-state index is 14.0. The quantitative estimate of drug-likeness (QED) is 0.490. The van der Waals surface area contributed by atoms with E-state index in [9.17, 15) is 29.7 Å². The summed E-state index contributed by atoms with van der Waals surface area (Å²) in [6.07, 6.45) is -1.15. The number of Topliss-reactive ketones (excluding diaryl/α,β-unsaturated/α-hetero) is 2. The summed E-state index contributed by atoms with van der Waals surface area (Å²) in [5.41, 5.74) is -2.68. The molecule has 0 amide bonds. The molecule has 4 rings (SSSR count). The number of carboxylic acid groups (broad SMARTS) is 1. The molecule has 0 bridgehead atoms. The van der Waals surface area contributed by atoms with Gasteiger partial charge in [-0.25, -0.2) is 0 Å². The highest BCUT2D eigenvalue weighted by atomic mass is 16.4. The number of aliphatic carboxylic acids is 1. The molecule has 0 aromatic carbocycles. The highest BCUT2D eigenvalue weighted by Gasteiger charge is 2.73. The van der Waals surface area contributed by atoms with E-state index < -0.39 is 51.7 Å². The van der Waals surface area contributed by atoms with Crippen molar-refractivity contribution in [1.82, 2.24) is 0 Å². The Balaban J connectivity index is 1.90. The zero-order valence-corrected chi connectivity index (χ0v) is 21.2. The van der Waals surface area contributed by atoms with Crippen LogP contribution in [0.1, 0.15) is 80.1 Å². The van der Waals surface area contributed by atoms with Crippen molar-refractivity contribution in [2.24, 2.45) is 39.4 Å². The van der Waals surface area contributed by atoms with Crippen LogP contribution in [0.2, 0.25) is 0 Å². The maximum Gasteiger partial charge on any atom is 0.303 e. The fourth-order valence-electron chi connectivity index (χ4n) is 8.67. The van der Waals surface area contributed by atoms with Crippen LogP contribution in [0.15, 0.2) is 11.1 Å². The van der Waals surface area contributed by atoms with E-state index in [1.54, 1.807) is 13.8 Å². The molecule has 0 saturated heterocycles. The van der Waals surface area contributed by atoms with Gasteiger partial charge in [0, 0.05) is 23.8 Å². The van der Waals surface area contributed by atoms with Crippen molar-refractivity contribution in [3.05, 3.63) is 11.1 Å². The molecule has 0 heterocycles. The van der Waals surface area contributed by atoms with Gasteiger partial charge in [0.1, 0.15) is 11.9 Å². The zero-order valence-electron chi connectivity index (χ0n) is 21.2. The van der Waals surface area contributed by atoms with Crippen LogP contribution in [-0.2, 0) is 14.4 Å². The molecule has 7 heteroatoms. The van der Waals surface area contributed by atoms with Gasteiger partial charge in [-0.3, -0.25) is 14.4 Å². The summed E-state index contributed by atoms with van der Waals surface area (Å²) in [5, 5.41) is 43.0. The van der Waals surface area contributed by atoms with Crippen molar-refractivity contribution in [2.75, 3.05) is 0 Å². The van der Waals surface area contributed by atoms with Gasteiger partial charge in [0.25, 0.3) is 0 Å². The predicted octanol–water partition coefficient (Wildman–Crippen LogP) is 2.90. The van der Waals surface area contributed by atoms with Gasteiger partial charge in [0.05, 0.1) is 17.6 Å². The molecule has 4 aliphatic carbocycles. The van der Waals surface area contributed by atoms with Gasteiger partial charge in [0.15, 0.2) is 5.78 Å². The molecule has 190 valence electrons. The molecule has 0 spiro atoms. The minimum Gasteiger partial charge on any atom is -0.481 e. The SMILES string of the molecule is CC(CCC(=O)O)[C@H]1CC(=O)[C@@]2(C)C3=C(C(=O)C(O)[C@]12C)[C@@]1(C)CC[C@H](O)C(C)(C)[C@@H]1C[C@@H]3O. The van der Waals surface area contributed by atoms with E-state index in [-0.39, 0.29) is 36.4 Å². The molecule has 34 heavy (non-hydrogen) atoms. The van der Waals surface area contributed by atoms with Crippen molar-refractivity contribution in [2.45, 2.75) is 98.4 Å². The number of carbonyl (C=O) groups is 3. The van der Waals surface area contributed by atoms with Gasteiger partial charge in [-0.05, 0) is 66.8 Å². The molecule has 2 fully saturated rings. The molecule has 9 atom stereocenters. The average molecular weight is 477 g/mol. The zero-order chi connectivity index (χ0) is 25.6. The Morgan fingerprint density at radius 1 is 1.09 bits per heavy atom. The van der Waals surface area contributed by atoms with E-state index in [0.717, 1.165) is 0 Å². The van der Waals surface area contributed by atoms with Crippen molar-refractivity contribution < 1.29 is 34.8 Å². The van der Waals surface area contributed by atoms with Crippen LogP contribution in [0.4, 0.5) is 0 Å². The van der Waals surface area contributed by atoms with Gasteiger partial charge in [-0.2, -0.15) is 0 Å². The number of aliphatic hydroxyl groups is 3. The second-order valence-electron chi connectivity index (χ2n) is 12.7. The number of rotatable bonds is 4. The molecule has 0 aromatic heterocycles. The Morgan fingerprint density at radius 2 is 1.71 bits per heavy atom. The third-order valence-corrected chi connectivity index (χ3v) is 11.0. The second kappa shape index (κ2) is 7.71. The molecule has 0 aliphatic heterocycles. The Kier molecular flexibility index (Phi) is 5.79. The van der Waals surface area contributed by atoms with E-state index in [1.807, 2.05) is 27.7 Å². The fourth-order valence-corrected chi connectivity index (χ4v) is 8.67.